The molecule has 0 unspecified atom stereocenters. The summed E-state index contributed by atoms with van der Waals surface area (Å²) in [4.78, 5) is 3.90. The number of thioether (sulfide) groups is 1. The highest BCUT2D eigenvalue weighted by atomic mass is 32.2. The number of aryl methyl sites for hydroxylation is 1. The molecule has 0 N–H and O–H groups in total. The highest BCUT2D eigenvalue weighted by molar-refractivity contribution is 7.99. The van der Waals surface area contributed by atoms with E-state index in [1.165, 1.54) is 21.6 Å². The largest absolute Gasteiger partial charge is 0.374 e. The van der Waals surface area contributed by atoms with Crippen LogP contribution >= 0.6 is 11.8 Å². The predicted octanol–water partition coefficient (Wildman–Crippen LogP) is 5.98. The van der Waals surface area contributed by atoms with E-state index in [1.54, 1.807) is 0 Å². The summed E-state index contributed by atoms with van der Waals surface area (Å²) in [6.45, 7) is 5.95. The van der Waals surface area contributed by atoms with Crippen molar-refractivity contribution < 1.29 is 4.74 Å². The van der Waals surface area contributed by atoms with Crippen molar-refractivity contribution in [1.82, 2.24) is 4.90 Å². The summed E-state index contributed by atoms with van der Waals surface area (Å²) in [5.74, 6) is 0. The summed E-state index contributed by atoms with van der Waals surface area (Å²) in [6, 6.07) is 30.4. The quantitative estimate of drug-likeness (QED) is 0.450. The van der Waals surface area contributed by atoms with Crippen molar-refractivity contribution in [1.29, 1.82) is 0 Å². The average molecular weight is 404 g/mol. The normalized spacial score (nSPS) is 18.4. The van der Waals surface area contributed by atoms with Crippen molar-refractivity contribution in [2.24, 2.45) is 0 Å². The molecule has 3 aromatic rings. The third-order valence-corrected chi connectivity index (χ3v) is 6.98. The number of nitrogens with zero attached hydrogens (tertiary/aromatic N) is 1. The molecule has 1 saturated heterocycles. The lowest BCUT2D eigenvalue weighted by Gasteiger charge is -2.37. The number of hydrogen-bond donors (Lipinski definition) is 0. The van der Waals surface area contributed by atoms with Gasteiger partial charge in [0.05, 0.1) is 18.0 Å². The van der Waals surface area contributed by atoms with Gasteiger partial charge in [0, 0.05) is 24.5 Å². The van der Waals surface area contributed by atoms with Crippen molar-refractivity contribution in [3.63, 3.8) is 0 Å². The Kier molecular flexibility index (Phi) is 7.04. The maximum absolute atomic E-state index is 6.35. The molecule has 0 bridgehead atoms. The van der Waals surface area contributed by atoms with Gasteiger partial charge in [0.1, 0.15) is 0 Å². The number of rotatable bonds is 7. The molecule has 2 atom stereocenters. The molecule has 3 heteroatoms. The molecule has 0 aromatic heterocycles. The Bertz CT molecular complexity index is 883. The minimum atomic E-state index is 0.171. The Labute approximate surface area is 178 Å². The first-order valence-corrected chi connectivity index (χ1v) is 11.4. The van der Waals surface area contributed by atoms with Crippen molar-refractivity contribution in [3.8, 4) is 0 Å². The molecule has 0 spiro atoms. The maximum Gasteiger partial charge on any atom is 0.0865 e. The van der Waals surface area contributed by atoms with E-state index >= 15 is 0 Å². The minimum Gasteiger partial charge on any atom is -0.374 e. The van der Waals surface area contributed by atoms with Crippen molar-refractivity contribution >= 4 is 11.8 Å². The van der Waals surface area contributed by atoms with Crippen LogP contribution in [0.3, 0.4) is 0 Å². The fraction of sp³-hybridized carbons (Fsp3) is 0.308. The summed E-state index contributed by atoms with van der Waals surface area (Å²) in [5, 5.41) is 0.280. The van der Waals surface area contributed by atoms with Gasteiger partial charge in [-0.3, -0.25) is 4.90 Å². The lowest BCUT2D eigenvalue weighted by molar-refractivity contribution is -0.0319. The fourth-order valence-electron chi connectivity index (χ4n) is 3.95. The van der Waals surface area contributed by atoms with Gasteiger partial charge in [0.2, 0.25) is 0 Å². The molecule has 1 fully saturated rings. The molecule has 0 aliphatic carbocycles. The summed E-state index contributed by atoms with van der Waals surface area (Å²) in [5.41, 5.74) is 4.12. The molecule has 3 aromatic carbocycles. The van der Waals surface area contributed by atoms with E-state index in [0.29, 0.717) is 0 Å². The standard InChI is InChI=1S/C26H29NOS/c1-2-22-13-9-10-16-25(22)29-26(23-14-7-4-8-15-23)24-20-27(17-18-28-24)19-21-11-5-3-6-12-21/h3-16,24,26H,2,17-20H2,1H3/t24-,26-/m0/s1. The third kappa shape index (κ3) is 5.30. The van der Waals surface area contributed by atoms with Crippen molar-refractivity contribution in [2.75, 3.05) is 19.7 Å². The van der Waals surface area contributed by atoms with Crippen LogP contribution in [0.2, 0.25) is 0 Å². The number of morpholine rings is 1. The summed E-state index contributed by atoms with van der Waals surface area (Å²) >= 11 is 1.96. The second-order valence-corrected chi connectivity index (χ2v) is 8.72. The highest BCUT2D eigenvalue weighted by Crippen LogP contribution is 2.41. The Morgan fingerprint density at radius 1 is 0.931 bits per heavy atom. The first-order chi connectivity index (χ1) is 14.3. The van der Waals surface area contributed by atoms with Crippen LogP contribution in [0.15, 0.2) is 89.8 Å². The molecular formula is C26H29NOS. The molecular weight excluding hydrogens is 374 g/mol. The molecule has 1 aliphatic rings. The summed E-state index contributed by atoms with van der Waals surface area (Å²) < 4.78 is 6.35. The molecule has 0 saturated carbocycles. The topological polar surface area (TPSA) is 12.5 Å². The SMILES string of the molecule is CCc1ccccc1S[C@@H](c1ccccc1)[C@@H]1CN(Cc2ccccc2)CCO1. The fourth-order valence-corrected chi connectivity index (χ4v) is 5.35. The van der Waals surface area contributed by atoms with E-state index in [-0.39, 0.29) is 11.4 Å². The molecule has 2 nitrogen and oxygen atoms in total. The van der Waals surface area contributed by atoms with Gasteiger partial charge in [-0.1, -0.05) is 85.8 Å². The molecule has 4 rings (SSSR count). The maximum atomic E-state index is 6.35. The average Bonchev–Trinajstić information content (AvgIpc) is 2.79. The van der Waals surface area contributed by atoms with Crippen LogP contribution in [0.4, 0.5) is 0 Å². The van der Waals surface area contributed by atoms with Crippen molar-refractivity contribution in [3.05, 3.63) is 102 Å². The van der Waals surface area contributed by atoms with Crippen LogP contribution in [0.25, 0.3) is 0 Å². The number of hydrogen-bond acceptors (Lipinski definition) is 3. The first kappa shape index (κ1) is 20.2. The zero-order valence-electron chi connectivity index (χ0n) is 17.0. The molecule has 0 radical (unpaired) electrons. The zero-order chi connectivity index (χ0) is 19.9. The van der Waals surface area contributed by atoms with E-state index in [2.05, 4.69) is 96.8 Å². The predicted molar refractivity (Wildman–Crippen MR) is 122 cm³/mol. The zero-order valence-corrected chi connectivity index (χ0v) is 17.9. The number of ether oxygens (including phenoxy) is 1. The van der Waals surface area contributed by atoms with E-state index in [4.69, 9.17) is 4.74 Å². The van der Waals surface area contributed by atoms with Crippen LogP contribution in [0.5, 0.6) is 0 Å². The first-order valence-electron chi connectivity index (χ1n) is 10.5. The lowest BCUT2D eigenvalue weighted by Crippen LogP contribution is -2.44. The second-order valence-electron chi connectivity index (χ2n) is 7.54. The van der Waals surface area contributed by atoms with E-state index in [1.807, 2.05) is 11.8 Å². The van der Waals surface area contributed by atoms with Gasteiger partial charge in [0.25, 0.3) is 0 Å². The van der Waals surface area contributed by atoms with Crippen LogP contribution in [-0.4, -0.2) is 30.7 Å². The highest BCUT2D eigenvalue weighted by Gasteiger charge is 2.30. The second kappa shape index (κ2) is 10.1. The van der Waals surface area contributed by atoms with Crippen LogP contribution in [0, 0.1) is 0 Å². The Hall–Kier alpha value is -2.07. The Morgan fingerprint density at radius 2 is 1.62 bits per heavy atom. The van der Waals surface area contributed by atoms with Crippen LogP contribution < -0.4 is 0 Å². The Morgan fingerprint density at radius 3 is 2.38 bits per heavy atom. The molecule has 1 aliphatic heterocycles. The van der Waals surface area contributed by atoms with E-state index < -0.39 is 0 Å². The summed E-state index contributed by atoms with van der Waals surface area (Å²) in [7, 11) is 0. The molecule has 29 heavy (non-hydrogen) atoms. The van der Waals surface area contributed by atoms with Gasteiger partial charge >= 0.3 is 0 Å². The van der Waals surface area contributed by atoms with Gasteiger partial charge < -0.3 is 4.74 Å². The number of benzene rings is 3. The Balaban J connectivity index is 1.55. The smallest absolute Gasteiger partial charge is 0.0865 e. The van der Waals surface area contributed by atoms with Gasteiger partial charge in [-0.15, -0.1) is 11.8 Å². The monoisotopic (exact) mass is 403 g/mol. The lowest BCUT2D eigenvalue weighted by atomic mass is 10.1. The van der Waals surface area contributed by atoms with Gasteiger partial charge in [0.15, 0.2) is 0 Å². The van der Waals surface area contributed by atoms with Gasteiger partial charge in [-0.25, -0.2) is 0 Å². The third-order valence-electron chi connectivity index (χ3n) is 5.50. The summed E-state index contributed by atoms with van der Waals surface area (Å²) in [6.07, 6.45) is 1.22. The van der Waals surface area contributed by atoms with E-state index in [9.17, 15) is 0 Å². The van der Waals surface area contributed by atoms with Crippen molar-refractivity contribution in [2.45, 2.75) is 36.1 Å². The van der Waals surface area contributed by atoms with E-state index in [0.717, 1.165) is 32.7 Å². The van der Waals surface area contributed by atoms with Crippen LogP contribution in [-0.2, 0) is 17.7 Å². The van der Waals surface area contributed by atoms with Crippen LogP contribution in [0.1, 0.15) is 28.9 Å². The van der Waals surface area contributed by atoms with Gasteiger partial charge in [-0.2, -0.15) is 0 Å². The minimum absolute atomic E-state index is 0.171. The molecule has 1 heterocycles. The molecule has 0 amide bonds. The van der Waals surface area contributed by atoms with Gasteiger partial charge in [-0.05, 0) is 29.2 Å². The molecule has 150 valence electrons.